The Morgan fingerprint density at radius 1 is 1.25 bits per heavy atom. The molecule has 0 bridgehead atoms. The maximum absolute atomic E-state index is 13.0. The lowest BCUT2D eigenvalue weighted by Crippen LogP contribution is -2.50. The first-order valence-electron chi connectivity index (χ1n) is 8.92. The van der Waals surface area contributed by atoms with E-state index >= 15 is 0 Å². The minimum Gasteiger partial charge on any atom is -0.342 e. The molecule has 1 saturated carbocycles. The van der Waals surface area contributed by atoms with Crippen molar-refractivity contribution in [2.75, 3.05) is 26.2 Å². The van der Waals surface area contributed by atoms with Crippen LogP contribution in [-0.2, 0) is 4.79 Å². The average Bonchev–Trinajstić information content (AvgIpc) is 3.29. The number of carbonyl (C=O) groups excluding carboxylic acids is 2. The van der Waals surface area contributed by atoms with Gasteiger partial charge in [0.25, 0.3) is 5.91 Å². The second-order valence-electron chi connectivity index (χ2n) is 7.57. The zero-order chi connectivity index (χ0) is 16.7. The predicted molar refractivity (Wildman–Crippen MR) is 92.9 cm³/mol. The van der Waals surface area contributed by atoms with Crippen molar-refractivity contribution in [2.45, 2.75) is 32.1 Å². The summed E-state index contributed by atoms with van der Waals surface area (Å²) < 4.78 is 0. The van der Waals surface area contributed by atoms with Crippen LogP contribution in [0.4, 0.5) is 0 Å². The van der Waals surface area contributed by atoms with Gasteiger partial charge in [-0.15, -0.1) is 0 Å². The number of rotatable bonds is 3. The number of nitrogens with zero attached hydrogens (tertiary/aromatic N) is 2. The average molecular weight is 347 g/mol. The second-order valence-corrected chi connectivity index (χ2v) is 8.00. The van der Waals surface area contributed by atoms with Gasteiger partial charge in [0.05, 0.1) is 5.41 Å². The van der Waals surface area contributed by atoms with Crippen LogP contribution in [0.25, 0.3) is 0 Å². The van der Waals surface area contributed by atoms with Crippen LogP contribution in [0.15, 0.2) is 24.3 Å². The van der Waals surface area contributed by atoms with E-state index in [9.17, 15) is 9.59 Å². The number of piperidine rings is 1. The van der Waals surface area contributed by atoms with Gasteiger partial charge in [0.1, 0.15) is 0 Å². The zero-order valence-corrected chi connectivity index (χ0v) is 14.6. The summed E-state index contributed by atoms with van der Waals surface area (Å²) in [5.74, 6) is 0.984. The maximum Gasteiger partial charge on any atom is 0.253 e. The molecule has 2 heterocycles. The molecule has 3 fully saturated rings. The van der Waals surface area contributed by atoms with Crippen LogP contribution in [0.1, 0.15) is 42.5 Å². The Hall–Kier alpha value is -1.55. The SMILES string of the molecule is O=C(c1cccc(Cl)c1)N1CC[C@@]2(CCCN(CC3CC3)C2=O)C1. The highest BCUT2D eigenvalue weighted by atomic mass is 35.5. The molecule has 1 spiro atoms. The van der Waals surface area contributed by atoms with E-state index in [4.69, 9.17) is 11.6 Å². The molecule has 0 N–H and O–H groups in total. The number of hydrogen-bond donors (Lipinski definition) is 0. The summed E-state index contributed by atoms with van der Waals surface area (Å²) in [5, 5.41) is 0.569. The van der Waals surface area contributed by atoms with Crippen LogP contribution >= 0.6 is 11.6 Å². The molecule has 2 amide bonds. The Bertz CT molecular complexity index is 673. The van der Waals surface area contributed by atoms with E-state index in [0.29, 0.717) is 23.7 Å². The molecule has 3 aliphatic rings. The van der Waals surface area contributed by atoms with Gasteiger partial charge in [-0.05, 0) is 56.2 Å². The molecule has 1 aromatic rings. The van der Waals surface area contributed by atoms with Gasteiger partial charge in [0, 0.05) is 36.8 Å². The Kier molecular flexibility index (Phi) is 4.03. The fraction of sp³-hybridized carbons (Fsp3) is 0.579. The molecule has 4 rings (SSSR count). The Morgan fingerprint density at radius 3 is 2.83 bits per heavy atom. The monoisotopic (exact) mass is 346 g/mol. The van der Waals surface area contributed by atoms with Gasteiger partial charge >= 0.3 is 0 Å². The standard InChI is InChI=1S/C19H23ClN2O2/c20-16-4-1-3-15(11-16)17(23)22-10-8-19(13-22)7-2-9-21(18(19)24)12-14-5-6-14/h1,3-4,11,14H,2,5-10,12-13H2/t19-/m0/s1. The van der Waals surface area contributed by atoms with Gasteiger partial charge in [0.2, 0.25) is 5.91 Å². The van der Waals surface area contributed by atoms with Gasteiger partial charge < -0.3 is 9.80 Å². The molecular formula is C19H23ClN2O2. The third kappa shape index (κ3) is 2.92. The van der Waals surface area contributed by atoms with Crippen LogP contribution in [0.2, 0.25) is 5.02 Å². The molecule has 0 aromatic heterocycles. The molecule has 24 heavy (non-hydrogen) atoms. The largest absolute Gasteiger partial charge is 0.342 e. The van der Waals surface area contributed by atoms with Crippen LogP contribution in [0, 0.1) is 11.3 Å². The predicted octanol–water partition coefficient (Wildman–Crippen LogP) is 3.20. The van der Waals surface area contributed by atoms with Crippen molar-refractivity contribution >= 4 is 23.4 Å². The Labute approximate surface area is 147 Å². The van der Waals surface area contributed by atoms with Crippen molar-refractivity contribution in [3.8, 4) is 0 Å². The highest BCUT2D eigenvalue weighted by Gasteiger charge is 2.49. The lowest BCUT2D eigenvalue weighted by Gasteiger charge is -2.39. The zero-order valence-electron chi connectivity index (χ0n) is 13.8. The molecule has 2 saturated heterocycles. The lowest BCUT2D eigenvalue weighted by atomic mass is 9.78. The molecule has 4 nitrogen and oxygen atoms in total. The highest BCUT2D eigenvalue weighted by Crippen LogP contribution is 2.42. The first-order chi connectivity index (χ1) is 11.6. The number of hydrogen-bond acceptors (Lipinski definition) is 2. The van der Waals surface area contributed by atoms with Crippen LogP contribution < -0.4 is 0 Å². The fourth-order valence-corrected chi connectivity index (χ4v) is 4.36. The molecule has 1 aromatic carbocycles. The number of likely N-dealkylation sites (tertiary alicyclic amines) is 2. The second kappa shape index (κ2) is 6.07. The van der Waals surface area contributed by atoms with Crippen molar-refractivity contribution in [1.82, 2.24) is 9.80 Å². The van der Waals surface area contributed by atoms with Gasteiger partial charge in [-0.25, -0.2) is 0 Å². The Morgan fingerprint density at radius 2 is 2.08 bits per heavy atom. The maximum atomic E-state index is 13.0. The smallest absolute Gasteiger partial charge is 0.253 e. The number of benzene rings is 1. The number of carbonyl (C=O) groups is 2. The highest BCUT2D eigenvalue weighted by molar-refractivity contribution is 6.30. The summed E-state index contributed by atoms with van der Waals surface area (Å²) in [5.41, 5.74) is 0.263. The molecular weight excluding hydrogens is 324 g/mol. The van der Waals surface area contributed by atoms with Gasteiger partial charge in [-0.1, -0.05) is 17.7 Å². The van der Waals surface area contributed by atoms with Crippen molar-refractivity contribution in [3.05, 3.63) is 34.9 Å². The number of amides is 2. The summed E-state index contributed by atoms with van der Waals surface area (Å²) in [7, 11) is 0. The van der Waals surface area contributed by atoms with Gasteiger partial charge in [-0.2, -0.15) is 0 Å². The van der Waals surface area contributed by atoms with E-state index < -0.39 is 0 Å². The van der Waals surface area contributed by atoms with Crippen LogP contribution in [0.3, 0.4) is 0 Å². The van der Waals surface area contributed by atoms with E-state index in [1.165, 1.54) is 12.8 Å². The van der Waals surface area contributed by atoms with E-state index in [2.05, 4.69) is 4.90 Å². The van der Waals surface area contributed by atoms with E-state index in [1.807, 2.05) is 4.90 Å². The molecule has 0 radical (unpaired) electrons. The lowest BCUT2D eigenvalue weighted by molar-refractivity contribution is -0.145. The van der Waals surface area contributed by atoms with E-state index in [-0.39, 0.29) is 17.2 Å². The summed E-state index contributed by atoms with van der Waals surface area (Å²) in [4.78, 5) is 29.7. The van der Waals surface area contributed by atoms with Crippen molar-refractivity contribution in [3.63, 3.8) is 0 Å². The molecule has 2 aliphatic heterocycles. The topological polar surface area (TPSA) is 40.6 Å². The molecule has 1 atom stereocenters. The fourth-order valence-electron chi connectivity index (χ4n) is 4.17. The summed E-state index contributed by atoms with van der Waals surface area (Å²) in [6.45, 7) is 3.02. The summed E-state index contributed by atoms with van der Waals surface area (Å²) in [6, 6.07) is 7.06. The number of halogens is 1. The molecule has 1 aliphatic carbocycles. The molecule has 128 valence electrons. The molecule has 5 heteroatoms. The summed E-state index contributed by atoms with van der Waals surface area (Å²) in [6.07, 6.45) is 5.27. The van der Waals surface area contributed by atoms with Gasteiger partial charge in [0.15, 0.2) is 0 Å². The normalized spacial score (nSPS) is 27.1. The van der Waals surface area contributed by atoms with Crippen molar-refractivity contribution in [1.29, 1.82) is 0 Å². The third-order valence-electron chi connectivity index (χ3n) is 5.71. The van der Waals surface area contributed by atoms with Crippen LogP contribution in [0.5, 0.6) is 0 Å². The van der Waals surface area contributed by atoms with Crippen molar-refractivity contribution in [2.24, 2.45) is 11.3 Å². The Balaban J connectivity index is 1.48. The van der Waals surface area contributed by atoms with E-state index in [0.717, 1.165) is 38.3 Å². The van der Waals surface area contributed by atoms with Gasteiger partial charge in [-0.3, -0.25) is 9.59 Å². The minimum absolute atomic E-state index is 0.0125. The first kappa shape index (κ1) is 15.9. The minimum atomic E-state index is -0.346. The molecule has 0 unspecified atom stereocenters. The van der Waals surface area contributed by atoms with Crippen molar-refractivity contribution < 1.29 is 9.59 Å². The quantitative estimate of drug-likeness (QED) is 0.843. The first-order valence-corrected chi connectivity index (χ1v) is 9.29. The van der Waals surface area contributed by atoms with E-state index in [1.54, 1.807) is 24.3 Å². The van der Waals surface area contributed by atoms with Crippen LogP contribution in [-0.4, -0.2) is 47.8 Å². The third-order valence-corrected chi connectivity index (χ3v) is 5.95. The summed E-state index contributed by atoms with van der Waals surface area (Å²) >= 11 is 6.00.